The molecule has 11 nitrogen and oxygen atoms in total. The van der Waals surface area contributed by atoms with Crippen LogP contribution in [0, 0.1) is 0 Å². The first kappa shape index (κ1) is 29.9. The highest BCUT2D eigenvalue weighted by atomic mass is 16.5. The number of carbonyl (C=O) groups is 1. The molecule has 5 atom stereocenters. The molecule has 2 amide bonds. The van der Waals surface area contributed by atoms with Gasteiger partial charge in [-0.2, -0.15) is 0 Å². The summed E-state index contributed by atoms with van der Waals surface area (Å²) in [5.74, 6) is 0. The quantitative estimate of drug-likeness (QED) is 0.150. The molecule has 0 radical (unpaired) electrons. The van der Waals surface area contributed by atoms with Gasteiger partial charge in [-0.15, -0.1) is 0 Å². The van der Waals surface area contributed by atoms with Crippen molar-refractivity contribution in [3.05, 3.63) is 70.8 Å². The molecule has 0 aliphatic carbocycles. The van der Waals surface area contributed by atoms with E-state index in [1.807, 2.05) is 42.5 Å². The number of aliphatic hydroxyl groups excluding tert-OH is 7. The molecule has 2 aromatic carbocycles. The van der Waals surface area contributed by atoms with Crippen LogP contribution < -0.4 is 10.6 Å². The normalized spacial score (nSPS) is 23.7. The Morgan fingerprint density at radius 1 is 0.842 bits per heavy atom. The first-order valence-electron chi connectivity index (χ1n) is 12.6. The van der Waals surface area contributed by atoms with Crippen LogP contribution in [-0.4, -0.2) is 105 Å². The minimum atomic E-state index is -1.46. The molecule has 1 fully saturated rings. The SMILES string of the molecule is O=C(NCCCc1ccc(Cc2cccc([C@@H]3O[C@H](CO)[C@@H](O)[C@H](O)[C@H]3O)c2)cc1)NC(CO)(CO)CO. The fourth-order valence-electron chi connectivity index (χ4n) is 4.36. The van der Waals surface area contributed by atoms with Gasteiger partial charge in [0.1, 0.15) is 36.1 Å². The lowest BCUT2D eigenvalue weighted by molar-refractivity contribution is -0.231. The van der Waals surface area contributed by atoms with Gasteiger partial charge in [0.25, 0.3) is 0 Å². The van der Waals surface area contributed by atoms with Gasteiger partial charge in [0.05, 0.1) is 26.4 Å². The van der Waals surface area contributed by atoms with Crippen molar-refractivity contribution in [3.8, 4) is 0 Å². The molecule has 0 aromatic heterocycles. The minimum absolute atomic E-state index is 0.372. The van der Waals surface area contributed by atoms with Crippen molar-refractivity contribution in [2.45, 2.75) is 55.3 Å². The lowest BCUT2D eigenvalue weighted by atomic mass is 9.90. The Kier molecular flexibility index (Phi) is 11.0. The summed E-state index contributed by atoms with van der Waals surface area (Å²) in [4.78, 5) is 12.0. The molecule has 9 N–H and O–H groups in total. The van der Waals surface area contributed by atoms with Crippen molar-refractivity contribution < 1.29 is 45.3 Å². The van der Waals surface area contributed by atoms with E-state index in [0.717, 1.165) is 23.1 Å². The Morgan fingerprint density at radius 2 is 1.50 bits per heavy atom. The van der Waals surface area contributed by atoms with Gasteiger partial charge in [-0.3, -0.25) is 0 Å². The third kappa shape index (κ3) is 7.49. The number of ether oxygens (including phenoxy) is 1. The molecule has 11 heteroatoms. The van der Waals surface area contributed by atoms with E-state index in [0.29, 0.717) is 24.9 Å². The summed E-state index contributed by atoms with van der Waals surface area (Å²) in [7, 11) is 0. The predicted molar refractivity (Wildman–Crippen MR) is 137 cm³/mol. The molecular formula is C27H38N2O9. The minimum Gasteiger partial charge on any atom is -0.394 e. The molecule has 1 saturated heterocycles. The third-order valence-corrected chi connectivity index (χ3v) is 6.82. The van der Waals surface area contributed by atoms with Gasteiger partial charge in [-0.25, -0.2) is 4.79 Å². The van der Waals surface area contributed by atoms with E-state index in [-0.39, 0.29) is 0 Å². The Hall–Kier alpha value is -2.61. The average Bonchev–Trinajstić information content (AvgIpc) is 2.94. The molecule has 0 saturated carbocycles. The maximum Gasteiger partial charge on any atom is 0.315 e. The highest BCUT2D eigenvalue weighted by molar-refractivity contribution is 5.74. The van der Waals surface area contributed by atoms with Crippen LogP contribution in [0.3, 0.4) is 0 Å². The van der Waals surface area contributed by atoms with Crippen LogP contribution >= 0.6 is 0 Å². The smallest absolute Gasteiger partial charge is 0.315 e. The van der Waals surface area contributed by atoms with Gasteiger partial charge in [0.15, 0.2) is 0 Å². The van der Waals surface area contributed by atoms with Crippen molar-refractivity contribution in [1.29, 1.82) is 0 Å². The van der Waals surface area contributed by atoms with Crippen LogP contribution in [0.4, 0.5) is 4.79 Å². The van der Waals surface area contributed by atoms with E-state index < -0.39 is 68.5 Å². The molecule has 210 valence electrons. The molecule has 0 spiro atoms. The summed E-state index contributed by atoms with van der Waals surface area (Å²) in [5.41, 5.74) is 2.29. The number of rotatable bonds is 12. The van der Waals surface area contributed by atoms with E-state index in [1.54, 1.807) is 6.07 Å². The molecule has 1 aliphatic heterocycles. The number of benzene rings is 2. The number of nitrogens with one attached hydrogen (secondary N) is 2. The van der Waals surface area contributed by atoms with Crippen molar-refractivity contribution in [3.63, 3.8) is 0 Å². The van der Waals surface area contributed by atoms with Gasteiger partial charge in [0.2, 0.25) is 0 Å². The molecule has 1 heterocycles. The average molecular weight is 535 g/mol. The molecule has 38 heavy (non-hydrogen) atoms. The van der Waals surface area contributed by atoms with Gasteiger partial charge < -0.3 is 51.1 Å². The summed E-state index contributed by atoms with van der Waals surface area (Å²) >= 11 is 0. The van der Waals surface area contributed by atoms with E-state index in [9.17, 15) is 40.5 Å². The lowest BCUT2D eigenvalue weighted by Crippen LogP contribution is -2.59. The van der Waals surface area contributed by atoms with Gasteiger partial charge >= 0.3 is 6.03 Å². The van der Waals surface area contributed by atoms with E-state index >= 15 is 0 Å². The fourth-order valence-corrected chi connectivity index (χ4v) is 4.36. The number of amides is 2. The Bertz CT molecular complexity index is 1010. The second-order valence-electron chi connectivity index (χ2n) is 9.73. The zero-order valence-electron chi connectivity index (χ0n) is 21.1. The molecule has 0 unspecified atom stereocenters. The first-order valence-corrected chi connectivity index (χ1v) is 12.6. The summed E-state index contributed by atoms with van der Waals surface area (Å²) in [6, 6.07) is 14.9. The van der Waals surface area contributed by atoms with Crippen LogP contribution in [-0.2, 0) is 17.6 Å². The number of carbonyl (C=O) groups excluding carboxylic acids is 1. The standard InChI is InChI=1S/C27H38N2O9/c30-13-21-22(34)23(35)24(36)25(38-21)20-5-1-3-19(12-20)11-18-8-6-17(7-9-18)4-2-10-28-26(37)29-27(14-31,15-32)16-33/h1,3,5-9,12,21-25,30-36H,2,4,10-11,13-16H2,(H2,28,29,37)/t21-,22-,23+,24-,25+/m1/s1. The number of aryl methyl sites for hydroxylation is 1. The number of hydrogen-bond acceptors (Lipinski definition) is 9. The van der Waals surface area contributed by atoms with Crippen LogP contribution in [0.25, 0.3) is 0 Å². The van der Waals surface area contributed by atoms with Gasteiger partial charge in [-0.05, 0) is 41.5 Å². The summed E-state index contributed by atoms with van der Waals surface area (Å²) in [6.45, 7) is -1.86. The summed E-state index contributed by atoms with van der Waals surface area (Å²) in [5, 5.41) is 72.8. The van der Waals surface area contributed by atoms with Crippen LogP contribution in [0.5, 0.6) is 0 Å². The molecule has 3 rings (SSSR count). The Labute approximate surface area is 221 Å². The maximum absolute atomic E-state index is 12.0. The zero-order chi connectivity index (χ0) is 27.7. The molecule has 0 bridgehead atoms. The van der Waals surface area contributed by atoms with Crippen molar-refractivity contribution in [2.24, 2.45) is 0 Å². The topological polar surface area (TPSA) is 192 Å². The van der Waals surface area contributed by atoms with Crippen LogP contribution in [0.15, 0.2) is 48.5 Å². The monoisotopic (exact) mass is 534 g/mol. The van der Waals surface area contributed by atoms with E-state index in [1.165, 1.54) is 0 Å². The van der Waals surface area contributed by atoms with Crippen LogP contribution in [0.1, 0.15) is 34.8 Å². The van der Waals surface area contributed by atoms with Crippen LogP contribution in [0.2, 0.25) is 0 Å². The number of hydrogen-bond donors (Lipinski definition) is 9. The molecular weight excluding hydrogens is 496 g/mol. The second-order valence-corrected chi connectivity index (χ2v) is 9.73. The number of urea groups is 1. The highest BCUT2D eigenvalue weighted by Crippen LogP contribution is 2.33. The lowest BCUT2D eigenvalue weighted by Gasteiger charge is -2.40. The summed E-state index contributed by atoms with van der Waals surface area (Å²) in [6.07, 6.45) is -3.99. The number of aliphatic hydroxyl groups is 7. The Balaban J connectivity index is 1.51. The van der Waals surface area contributed by atoms with Gasteiger partial charge in [-0.1, -0.05) is 48.5 Å². The zero-order valence-corrected chi connectivity index (χ0v) is 21.1. The van der Waals surface area contributed by atoms with E-state index in [2.05, 4.69) is 10.6 Å². The highest BCUT2D eigenvalue weighted by Gasteiger charge is 2.43. The summed E-state index contributed by atoms with van der Waals surface area (Å²) < 4.78 is 5.67. The molecule has 2 aromatic rings. The largest absolute Gasteiger partial charge is 0.394 e. The molecule has 1 aliphatic rings. The Morgan fingerprint density at radius 3 is 2.13 bits per heavy atom. The third-order valence-electron chi connectivity index (χ3n) is 6.82. The van der Waals surface area contributed by atoms with Crippen molar-refractivity contribution >= 4 is 6.03 Å². The van der Waals surface area contributed by atoms with Gasteiger partial charge in [0, 0.05) is 6.54 Å². The van der Waals surface area contributed by atoms with Crippen molar-refractivity contribution in [1.82, 2.24) is 10.6 Å². The second kappa shape index (κ2) is 14.0. The maximum atomic E-state index is 12.0. The fraction of sp³-hybridized carbons (Fsp3) is 0.519. The predicted octanol–water partition coefficient (Wildman–Crippen LogP) is -1.26. The first-order chi connectivity index (χ1) is 18.3. The van der Waals surface area contributed by atoms with Crippen molar-refractivity contribution in [2.75, 3.05) is 33.0 Å². The van der Waals surface area contributed by atoms with E-state index in [4.69, 9.17) is 4.74 Å².